The quantitative estimate of drug-likeness (QED) is 0.645. The van der Waals surface area contributed by atoms with Crippen molar-refractivity contribution < 1.29 is 18.0 Å². The third-order valence-electron chi connectivity index (χ3n) is 4.13. The van der Waals surface area contributed by atoms with E-state index in [0.717, 1.165) is 0 Å². The van der Waals surface area contributed by atoms with Crippen LogP contribution in [0.3, 0.4) is 0 Å². The van der Waals surface area contributed by atoms with Gasteiger partial charge in [0.1, 0.15) is 0 Å². The highest BCUT2D eigenvalue weighted by molar-refractivity contribution is 7.90. The molecule has 3 aromatic carbocycles. The minimum atomic E-state index is -4.31. The molecule has 0 aliphatic heterocycles. The van der Waals surface area contributed by atoms with Crippen molar-refractivity contribution in [2.75, 3.05) is 0 Å². The van der Waals surface area contributed by atoms with Crippen LogP contribution < -0.4 is 0 Å². The second-order valence-corrected chi connectivity index (χ2v) is 7.98. The van der Waals surface area contributed by atoms with Crippen molar-refractivity contribution in [3.05, 3.63) is 102 Å². The minimum absolute atomic E-state index is 0.0992. The highest BCUT2D eigenvalue weighted by Gasteiger charge is 2.34. The molecule has 0 heterocycles. The molecule has 0 saturated carbocycles. The number of hydrogen-bond donors (Lipinski definition) is 0. The lowest BCUT2D eigenvalue weighted by atomic mass is 10.1. The molecule has 142 valence electrons. The second kappa shape index (κ2) is 8.63. The fourth-order valence-electron chi connectivity index (χ4n) is 2.79. The van der Waals surface area contributed by atoms with E-state index >= 15 is 0 Å². The summed E-state index contributed by atoms with van der Waals surface area (Å²) in [5.74, 6) is -1.56. The van der Waals surface area contributed by atoms with Gasteiger partial charge in [0.2, 0.25) is 11.8 Å². The zero-order chi connectivity index (χ0) is 20.0. The van der Waals surface area contributed by atoms with E-state index in [-0.39, 0.29) is 17.7 Å². The maximum absolute atomic E-state index is 13.1. The van der Waals surface area contributed by atoms with E-state index in [0.29, 0.717) is 15.4 Å². The Labute approximate surface area is 164 Å². The Balaban J connectivity index is 1.95. The predicted octanol–water partition coefficient (Wildman–Crippen LogP) is 3.22. The van der Waals surface area contributed by atoms with Crippen molar-refractivity contribution in [2.24, 2.45) is 0 Å². The van der Waals surface area contributed by atoms with Crippen LogP contribution in [0.25, 0.3) is 0 Å². The summed E-state index contributed by atoms with van der Waals surface area (Å²) >= 11 is 0. The van der Waals surface area contributed by atoms with E-state index < -0.39 is 21.8 Å². The number of hydrogen-bond acceptors (Lipinski definition) is 4. The van der Waals surface area contributed by atoms with Gasteiger partial charge in [-0.2, -0.15) is 4.31 Å². The number of amides is 2. The van der Waals surface area contributed by atoms with Crippen LogP contribution in [0.2, 0.25) is 0 Å². The van der Waals surface area contributed by atoms with E-state index in [1.54, 1.807) is 78.9 Å². The summed E-state index contributed by atoms with van der Waals surface area (Å²) in [5.41, 5.74) is 1.27. The van der Waals surface area contributed by atoms with E-state index in [9.17, 15) is 18.0 Å². The van der Waals surface area contributed by atoms with Crippen LogP contribution in [0.5, 0.6) is 0 Å². The van der Waals surface area contributed by atoms with Gasteiger partial charge in [0.15, 0.2) is 0 Å². The summed E-state index contributed by atoms with van der Waals surface area (Å²) < 4.78 is 26.6. The molecule has 0 radical (unpaired) electrons. The van der Waals surface area contributed by atoms with Gasteiger partial charge < -0.3 is 0 Å². The van der Waals surface area contributed by atoms with Crippen molar-refractivity contribution in [3.63, 3.8) is 0 Å². The lowest BCUT2D eigenvalue weighted by molar-refractivity contribution is -0.137. The smallest absolute Gasteiger partial charge is 0.273 e. The zero-order valence-corrected chi connectivity index (χ0v) is 15.9. The van der Waals surface area contributed by atoms with E-state index in [4.69, 9.17) is 0 Å². The van der Waals surface area contributed by atoms with Crippen molar-refractivity contribution in [2.45, 2.75) is 17.7 Å². The average molecular weight is 393 g/mol. The maximum atomic E-state index is 13.1. The molecule has 0 aliphatic carbocycles. The zero-order valence-electron chi connectivity index (χ0n) is 15.1. The molecule has 0 N–H and O–H groups in total. The Hall–Kier alpha value is -3.25. The molecule has 0 unspecified atom stereocenters. The summed E-state index contributed by atoms with van der Waals surface area (Å²) in [6.45, 7) is 0. The molecule has 0 aliphatic rings. The van der Waals surface area contributed by atoms with E-state index in [1.165, 1.54) is 12.1 Å². The molecule has 0 aromatic heterocycles. The normalized spacial score (nSPS) is 11.0. The van der Waals surface area contributed by atoms with Crippen LogP contribution in [0.1, 0.15) is 11.1 Å². The van der Waals surface area contributed by atoms with Gasteiger partial charge in [0.05, 0.1) is 17.7 Å². The lowest BCUT2D eigenvalue weighted by Crippen LogP contribution is -2.43. The van der Waals surface area contributed by atoms with Crippen LogP contribution in [-0.4, -0.2) is 24.5 Å². The molecule has 0 saturated heterocycles. The minimum Gasteiger partial charge on any atom is -0.273 e. The highest BCUT2D eigenvalue weighted by atomic mass is 32.2. The molecule has 0 fully saturated rings. The Morgan fingerprint density at radius 1 is 0.607 bits per heavy atom. The first-order valence-electron chi connectivity index (χ1n) is 8.72. The third kappa shape index (κ3) is 4.53. The predicted molar refractivity (Wildman–Crippen MR) is 106 cm³/mol. The molecule has 3 aromatic rings. The molecular weight excluding hydrogens is 374 g/mol. The Morgan fingerprint density at radius 3 is 1.36 bits per heavy atom. The summed E-state index contributed by atoms with van der Waals surface area (Å²) in [4.78, 5) is 25.7. The fourth-order valence-corrected chi connectivity index (χ4v) is 4.17. The van der Waals surface area contributed by atoms with Crippen molar-refractivity contribution in [3.8, 4) is 0 Å². The molecule has 28 heavy (non-hydrogen) atoms. The first-order chi connectivity index (χ1) is 13.5. The van der Waals surface area contributed by atoms with Crippen molar-refractivity contribution in [1.29, 1.82) is 0 Å². The summed E-state index contributed by atoms with van der Waals surface area (Å²) in [6, 6.07) is 25.0. The van der Waals surface area contributed by atoms with Crippen LogP contribution in [-0.2, 0) is 32.5 Å². The van der Waals surface area contributed by atoms with E-state index in [1.807, 2.05) is 0 Å². The molecule has 0 bridgehead atoms. The third-order valence-corrected chi connectivity index (χ3v) is 5.89. The van der Waals surface area contributed by atoms with Crippen LogP contribution in [0.4, 0.5) is 0 Å². The number of rotatable bonds is 6. The Kier molecular flexibility index (Phi) is 6.01. The van der Waals surface area contributed by atoms with Gasteiger partial charge in [-0.3, -0.25) is 9.59 Å². The lowest BCUT2D eigenvalue weighted by Gasteiger charge is -2.21. The van der Waals surface area contributed by atoms with Gasteiger partial charge in [-0.25, -0.2) is 8.42 Å². The number of benzene rings is 3. The molecule has 2 amide bonds. The van der Waals surface area contributed by atoms with Crippen LogP contribution in [0.15, 0.2) is 95.9 Å². The van der Waals surface area contributed by atoms with Crippen LogP contribution >= 0.6 is 0 Å². The molecule has 0 atom stereocenters. The van der Waals surface area contributed by atoms with Gasteiger partial charge in [0.25, 0.3) is 10.0 Å². The Bertz CT molecular complexity index is 996. The SMILES string of the molecule is O=C(Cc1ccccc1)N(C(=O)Cc1ccccc1)S(=O)(=O)c1ccccc1. The number of sulfonamides is 1. The summed E-state index contributed by atoms with van der Waals surface area (Å²) in [7, 11) is -4.31. The summed E-state index contributed by atoms with van der Waals surface area (Å²) in [6.07, 6.45) is -0.374. The summed E-state index contributed by atoms with van der Waals surface area (Å²) in [5, 5.41) is 0. The van der Waals surface area contributed by atoms with Crippen LogP contribution in [0, 0.1) is 0 Å². The monoisotopic (exact) mass is 393 g/mol. The van der Waals surface area contributed by atoms with Gasteiger partial charge in [-0.15, -0.1) is 0 Å². The van der Waals surface area contributed by atoms with Crippen molar-refractivity contribution in [1.82, 2.24) is 4.31 Å². The highest BCUT2D eigenvalue weighted by Crippen LogP contribution is 2.19. The van der Waals surface area contributed by atoms with Gasteiger partial charge in [-0.1, -0.05) is 78.9 Å². The van der Waals surface area contributed by atoms with E-state index in [2.05, 4.69) is 0 Å². The molecule has 0 spiro atoms. The molecular formula is C22H19NO4S. The van der Waals surface area contributed by atoms with Gasteiger partial charge in [-0.05, 0) is 23.3 Å². The standard InChI is InChI=1S/C22H19NO4S/c24-21(16-18-10-4-1-5-11-18)23(22(25)17-19-12-6-2-7-13-19)28(26,27)20-14-8-3-9-15-20/h1-15H,16-17H2. The number of carbonyl (C=O) groups excluding carboxylic acids is 2. The number of carbonyl (C=O) groups is 2. The molecule has 6 heteroatoms. The Morgan fingerprint density at radius 2 is 0.964 bits per heavy atom. The molecule has 5 nitrogen and oxygen atoms in total. The average Bonchev–Trinajstić information content (AvgIpc) is 2.70. The number of imide groups is 1. The first-order valence-corrected chi connectivity index (χ1v) is 10.2. The van der Waals surface area contributed by atoms with Gasteiger partial charge >= 0.3 is 0 Å². The second-order valence-electron chi connectivity index (χ2n) is 6.19. The first kappa shape index (κ1) is 19.5. The van der Waals surface area contributed by atoms with Gasteiger partial charge in [0, 0.05) is 0 Å². The number of nitrogens with zero attached hydrogens (tertiary/aromatic N) is 1. The maximum Gasteiger partial charge on any atom is 0.273 e. The van der Waals surface area contributed by atoms with Crippen molar-refractivity contribution >= 4 is 21.8 Å². The molecule has 3 rings (SSSR count). The topological polar surface area (TPSA) is 71.5 Å². The fraction of sp³-hybridized carbons (Fsp3) is 0.0909. The largest absolute Gasteiger partial charge is 0.273 e.